The Balaban J connectivity index is 3.64. The molecule has 0 unspecified atom stereocenters. The summed E-state index contributed by atoms with van der Waals surface area (Å²) in [6, 6.07) is 1.28. The van der Waals surface area contributed by atoms with Gasteiger partial charge in [-0.15, -0.1) is 0 Å². The molecule has 0 radical (unpaired) electrons. The fourth-order valence-corrected chi connectivity index (χ4v) is 3.78. The van der Waals surface area contributed by atoms with E-state index in [1.807, 2.05) is 21.8 Å². The molecule has 1 nitrogen and oxygen atoms in total. The van der Waals surface area contributed by atoms with Gasteiger partial charge in [0, 0.05) is 17.8 Å². The van der Waals surface area contributed by atoms with Crippen LogP contribution < -0.4 is 0 Å². The van der Waals surface area contributed by atoms with Gasteiger partial charge in [-0.3, -0.25) is 0 Å². The fraction of sp³-hybridized carbons (Fsp3) is 1.00. The van der Waals surface area contributed by atoms with Gasteiger partial charge in [-0.05, 0) is 45.1 Å². The summed E-state index contributed by atoms with van der Waals surface area (Å²) in [4.78, 5) is 0. The highest BCUT2D eigenvalue weighted by Gasteiger charge is 2.13. The summed E-state index contributed by atoms with van der Waals surface area (Å²) >= 11 is 0. The second kappa shape index (κ2) is 7.10. The predicted octanol–water partition coefficient (Wildman–Crippen LogP) is 3.81. The first-order valence-corrected chi connectivity index (χ1v) is 6.95. The smallest absolute Gasteiger partial charge is 0.0156 e. The van der Waals surface area contributed by atoms with Crippen molar-refractivity contribution in [3.63, 3.8) is 0 Å². The van der Waals surface area contributed by atoms with Crippen molar-refractivity contribution in [2.75, 3.05) is 5.75 Å². The van der Waals surface area contributed by atoms with E-state index < -0.39 is 0 Å². The molecule has 3 heteroatoms. The molecule has 74 valence electrons. The summed E-state index contributed by atoms with van der Waals surface area (Å²) in [5.41, 5.74) is 0. The van der Waals surface area contributed by atoms with Crippen LogP contribution in [-0.2, 0) is 0 Å². The minimum atomic E-state index is 0.638. The summed E-state index contributed by atoms with van der Waals surface area (Å²) in [5, 5.41) is 0. The van der Waals surface area contributed by atoms with E-state index in [0.29, 0.717) is 12.1 Å². The van der Waals surface area contributed by atoms with Gasteiger partial charge in [-0.2, -0.15) is 0 Å². The van der Waals surface area contributed by atoms with Gasteiger partial charge in [0.2, 0.25) is 0 Å². The third-order valence-electron chi connectivity index (χ3n) is 1.44. The molecule has 0 saturated heterocycles. The first-order valence-electron chi connectivity index (χ1n) is 4.67. The molecule has 0 aromatic rings. The average molecular weight is 207 g/mol. The Hall–Kier alpha value is 0.660. The van der Waals surface area contributed by atoms with E-state index in [-0.39, 0.29) is 0 Å². The van der Waals surface area contributed by atoms with Crippen molar-refractivity contribution in [1.29, 1.82) is 0 Å². The first kappa shape index (κ1) is 12.7. The Labute approximate surface area is 85.2 Å². The number of rotatable bonds is 6. The lowest BCUT2D eigenvalue weighted by molar-refractivity contribution is 0.339. The van der Waals surface area contributed by atoms with Gasteiger partial charge in [0.15, 0.2) is 0 Å². The maximum atomic E-state index is 2.44. The highest BCUT2D eigenvalue weighted by atomic mass is 33.1. The Kier molecular flexibility index (Phi) is 7.49. The first-order chi connectivity index (χ1) is 5.59. The van der Waals surface area contributed by atoms with Crippen molar-refractivity contribution < 1.29 is 0 Å². The second-order valence-corrected chi connectivity index (χ2v) is 5.81. The van der Waals surface area contributed by atoms with Crippen molar-refractivity contribution in [2.45, 2.75) is 53.1 Å². The minimum Gasteiger partial charge on any atom is -0.236 e. The van der Waals surface area contributed by atoms with E-state index in [0.717, 1.165) is 0 Å². The lowest BCUT2D eigenvalue weighted by atomic mass is 10.3. The molecule has 12 heavy (non-hydrogen) atoms. The molecular weight excluding hydrogens is 186 g/mol. The van der Waals surface area contributed by atoms with E-state index in [4.69, 9.17) is 0 Å². The maximum Gasteiger partial charge on any atom is 0.0156 e. The van der Waals surface area contributed by atoms with Crippen LogP contribution >= 0.6 is 21.8 Å². The van der Waals surface area contributed by atoms with Crippen molar-refractivity contribution in [2.24, 2.45) is 0 Å². The summed E-state index contributed by atoms with van der Waals surface area (Å²) in [5.74, 6) is 1.25. The second-order valence-electron chi connectivity index (χ2n) is 3.44. The molecule has 0 rings (SSSR count). The van der Waals surface area contributed by atoms with Gasteiger partial charge < -0.3 is 0 Å². The maximum absolute atomic E-state index is 2.44. The Morgan fingerprint density at radius 1 is 1.08 bits per heavy atom. The summed E-state index contributed by atoms with van der Waals surface area (Å²) in [6.45, 7) is 11.2. The lowest BCUT2D eigenvalue weighted by Crippen LogP contribution is -2.29. The zero-order chi connectivity index (χ0) is 9.56. The van der Waals surface area contributed by atoms with E-state index in [2.05, 4.69) is 38.9 Å². The van der Waals surface area contributed by atoms with E-state index >= 15 is 0 Å². The monoisotopic (exact) mass is 207 g/mol. The number of hydrogen-bond donors (Lipinski definition) is 0. The topological polar surface area (TPSA) is 3.24 Å². The standard InChI is InChI=1S/C9H21NS2/c1-6-7-11-12-10(8(2)3)9(4)5/h8-9H,6-7H2,1-5H3. The van der Waals surface area contributed by atoms with Crippen LogP contribution in [-0.4, -0.2) is 22.1 Å². The molecule has 0 atom stereocenters. The van der Waals surface area contributed by atoms with E-state index in [9.17, 15) is 0 Å². The SMILES string of the molecule is CCCSSN(C(C)C)C(C)C. The van der Waals surface area contributed by atoms with Gasteiger partial charge in [0.05, 0.1) is 0 Å². The molecule has 0 N–H and O–H groups in total. The van der Waals surface area contributed by atoms with Crippen LogP contribution in [0.15, 0.2) is 0 Å². The molecule has 0 aromatic heterocycles. The van der Waals surface area contributed by atoms with Crippen LogP contribution in [0.4, 0.5) is 0 Å². The van der Waals surface area contributed by atoms with Gasteiger partial charge in [-0.25, -0.2) is 4.31 Å². The predicted molar refractivity (Wildman–Crippen MR) is 62.5 cm³/mol. The zero-order valence-electron chi connectivity index (χ0n) is 8.83. The largest absolute Gasteiger partial charge is 0.236 e. The van der Waals surface area contributed by atoms with Crippen molar-refractivity contribution >= 4 is 21.8 Å². The Morgan fingerprint density at radius 3 is 1.92 bits per heavy atom. The molecule has 0 saturated carbocycles. The summed E-state index contributed by atoms with van der Waals surface area (Å²) < 4.78 is 2.44. The molecule has 0 fully saturated rings. The van der Waals surface area contributed by atoms with Crippen LogP contribution in [0.2, 0.25) is 0 Å². The zero-order valence-corrected chi connectivity index (χ0v) is 10.5. The Morgan fingerprint density at radius 2 is 1.58 bits per heavy atom. The molecule has 0 spiro atoms. The number of hydrogen-bond acceptors (Lipinski definition) is 3. The summed E-state index contributed by atoms with van der Waals surface area (Å²) in [7, 11) is 3.87. The summed E-state index contributed by atoms with van der Waals surface area (Å²) in [6.07, 6.45) is 1.27. The van der Waals surface area contributed by atoms with Crippen LogP contribution in [0.25, 0.3) is 0 Å². The highest BCUT2D eigenvalue weighted by Crippen LogP contribution is 2.30. The van der Waals surface area contributed by atoms with Gasteiger partial charge in [-0.1, -0.05) is 17.7 Å². The molecule has 0 aliphatic carbocycles. The van der Waals surface area contributed by atoms with Crippen LogP contribution in [0.3, 0.4) is 0 Å². The molecule has 0 amide bonds. The van der Waals surface area contributed by atoms with Crippen LogP contribution in [0, 0.1) is 0 Å². The fourth-order valence-electron chi connectivity index (χ4n) is 0.950. The van der Waals surface area contributed by atoms with Gasteiger partial charge in [0.25, 0.3) is 0 Å². The third-order valence-corrected chi connectivity index (χ3v) is 4.47. The third kappa shape index (κ3) is 5.33. The minimum absolute atomic E-state index is 0.638. The molecular formula is C9H21NS2. The quantitative estimate of drug-likeness (QED) is 0.370. The molecule has 0 aliphatic rings. The van der Waals surface area contributed by atoms with Crippen molar-refractivity contribution in [3.8, 4) is 0 Å². The van der Waals surface area contributed by atoms with Crippen LogP contribution in [0.1, 0.15) is 41.0 Å². The van der Waals surface area contributed by atoms with Crippen LogP contribution in [0.5, 0.6) is 0 Å². The van der Waals surface area contributed by atoms with E-state index in [1.165, 1.54) is 12.2 Å². The highest BCUT2D eigenvalue weighted by molar-refractivity contribution is 8.75. The van der Waals surface area contributed by atoms with Crippen molar-refractivity contribution in [3.05, 3.63) is 0 Å². The lowest BCUT2D eigenvalue weighted by Gasteiger charge is -2.28. The molecule has 0 heterocycles. The Bertz CT molecular complexity index is 96.7. The molecule has 0 bridgehead atoms. The average Bonchev–Trinajstić information content (AvgIpc) is 1.96. The van der Waals surface area contributed by atoms with Crippen molar-refractivity contribution in [1.82, 2.24) is 4.31 Å². The van der Waals surface area contributed by atoms with Gasteiger partial charge >= 0.3 is 0 Å². The van der Waals surface area contributed by atoms with E-state index in [1.54, 1.807) is 0 Å². The molecule has 0 aliphatic heterocycles. The van der Waals surface area contributed by atoms with Gasteiger partial charge in [0.1, 0.15) is 0 Å². The molecule has 0 aromatic carbocycles. The number of nitrogens with zero attached hydrogens (tertiary/aromatic N) is 1. The normalized spacial score (nSPS) is 12.0.